The van der Waals surface area contributed by atoms with E-state index in [0.29, 0.717) is 47.9 Å². The molecule has 1 fully saturated rings. The number of carbonyl (C=O) groups excluding carboxylic acids is 1. The van der Waals surface area contributed by atoms with E-state index in [4.69, 9.17) is 4.74 Å². The molecule has 0 saturated carbocycles. The molecule has 1 aromatic heterocycles. The number of aromatic nitrogens is 1. The molecular formula is C27H24F5N3O3. The number of amides is 1. The smallest absolute Gasteiger partial charge is 0.393 e. The van der Waals surface area contributed by atoms with Crippen LogP contribution in [0.4, 0.5) is 33.3 Å². The lowest BCUT2D eigenvalue weighted by atomic mass is 9.81. The summed E-state index contributed by atoms with van der Waals surface area (Å²) in [5.74, 6) is -1.41. The minimum atomic E-state index is -4.64. The summed E-state index contributed by atoms with van der Waals surface area (Å²) in [6.07, 6.45) is -3.27. The third-order valence-corrected chi connectivity index (χ3v) is 7.07. The predicted octanol–water partition coefficient (Wildman–Crippen LogP) is 4.93. The molecule has 2 aromatic carbocycles. The summed E-state index contributed by atoms with van der Waals surface area (Å²) >= 11 is 0. The average Bonchev–Trinajstić information content (AvgIpc) is 2.90. The van der Waals surface area contributed by atoms with Crippen molar-refractivity contribution >= 4 is 17.3 Å². The fourth-order valence-electron chi connectivity index (χ4n) is 5.04. The van der Waals surface area contributed by atoms with Gasteiger partial charge in [-0.15, -0.1) is 0 Å². The first-order valence-electron chi connectivity index (χ1n) is 11.9. The van der Waals surface area contributed by atoms with Crippen LogP contribution in [-0.2, 0) is 17.3 Å². The van der Waals surface area contributed by atoms with Gasteiger partial charge in [-0.2, -0.15) is 13.2 Å². The van der Waals surface area contributed by atoms with Crippen molar-refractivity contribution in [1.82, 2.24) is 4.98 Å². The summed E-state index contributed by atoms with van der Waals surface area (Å²) < 4.78 is 75.4. The van der Waals surface area contributed by atoms with Crippen LogP contribution in [0.1, 0.15) is 27.0 Å². The Hall–Kier alpha value is -3.57. The van der Waals surface area contributed by atoms with Crippen LogP contribution in [0.25, 0.3) is 11.1 Å². The molecule has 0 spiro atoms. The molecule has 1 amide bonds. The highest BCUT2D eigenvalue weighted by molar-refractivity contribution is 6.04. The largest absolute Gasteiger partial charge is 0.417 e. The van der Waals surface area contributed by atoms with Gasteiger partial charge in [0, 0.05) is 42.3 Å². The number of aliphatic hydroxyl groups is 1. The maximum absolute atomic E-state index is 15.5. The van der Waals surface area contributed by atoms with Crippen LogP contribution in [-0.4, -0.2) is 54.1 Å². The first-order chi connectivity index (χ1) is 18.0. The van der Waals surface area contributed by atoms with E-state index < -0.39 is 41.8 Å². The van der Waals surface area contributed by atoms with E-state index in [1.807, 2.05) is 0 Å². The number of ether oxygens (including phenoxy) is 1. The summed E-state index contributed by atoms with van der Waals surface area (Å²) in [5.41, 5.74) is -0.564. The number of fused-ring (bicyclic) bond motifs is 3. The van der Waals surface area contributed by atoms with Crippen molar-refractivity contribution in [2.45, 2.75) is 31.2 Å². The number of carbonyl (C=O) groups is 1. The van der Waals surface area contributed by atoms with E-state index in [1.165, 1.54) is 6.07 Å². The summed E-state index contributed by atoms with van der Waals surface area (Å²) in [5, 5.41) is 12.3. The predicted molar refractivity (Wildman–Crippen MR) is 130 cm³/mol. The lowest BCUT2D eigenvalue weighted by Crippen LogP contribution is -2.62. The standard InChI is InChI=1S/C27H24F5N3O3/c1-15-2-3-19(34-25(37)17-6-18(12-33-11-17)27(30,31)32)9-20(15)16-7-22(28)21-10-26(29,14-36)24-13-38-5-4-35(24)23(21)8-16/h2-3,6-9,11-12,24,36H,4-5,10,13-14H2,1H3,(H,34,37)/t24-,26-/m1/s1. The summed E-state index contributed by atoms with van der Waals surface area (Å²) in [7, 11) is 0. The monoisotopic (exact) mass is 533 g/mol. The van der Waals surface area contributed by atoms with E-state index in [0.717, 1.165) is 11.8 Å². The maximum atomic E-state index is 15.5. The number of halogens is 5. The van der Waals surface area contributed by atoms with Crippen molar-refractivity contribution in [1.29, 1.82) is 0 Å². The van der Waals surface area contributed by atoms with Crippen LogP contribution in [0.2, 0.25) is 0 Å². The molecule has 0 bridgehead atoms. The van der Waals surface area contributed by atoms with Gasteiger partial charge in [0.15, 0.2) is 5.67 Å². The highest BCUT2D eigenvalue weighted by Gasteiger charge is 2.49. The van der Waals surface area contributed by atoms with Gasteiger partial charge in [0.05, 0.1) is 37.0 Å². The van der Waals surface area contributed by atoms with Crippen molar-refractivity contribution in [2.24, 2.45) is 0 Å². The minimum absolute atomic E-state index is 0.0628. The Morgan fingerprint density at radius 3 is 2.76 bits per heavy atom. The van der Waals surface area contributed by atoms with Crippen LogP contribution < -0.4 is 10.2 Å². The number of benzene rings is 2. The van der Waals surface area contributed by atoms with Crippen molar-refractivity contribution < 1.29 is 36.6 Å². The van der Waals surface area contributed by atoms with Crippen LogP contribution in [0.5, 0.6) is 0 Å². The second kappa shape index (κ2) is 9.63. The molecule has 5 rings (SSSR count). The lowest BCUT2D eigenvalue weighted by molar-refractivity contribution is -0.137. The number of anilines is 2. The normalized spacial score (nSPS) is 21.0. The Balaban J connectivity index is 1.48. The van der Waals surface area contributed by atoms with Crippen LogP contribution in [0, 0.1) is 12.7 Å². The van der Waals surface area contributed by atoms with Gasteiger partial charge in [-0.3, -0.25) is 9.78 Å². The molecule has 11 heteroatoms. The number of hydrogen-bond acceptors (Lipinski definition) is 5. The van der Waals surface area contributed by atoms with Crippen molar-refractivity contribution in [3.8, 4) is 11.1 Å². The molecule has 2 aliphatic heterocycles. The van der Waals surface area contributed by atoms with E-state index in [2.05, 4.69) is 10.3 Å². The number of alkyl halides is 4. The van der Waals surface area contributed by atoms with Gasteiger partial charge < -0.3 is 20.1 Å². The van der Waals surface area contributed by atoms with E-state index >= 15 is 8.78 Å². The van der Waals surface area contributed by atoms with Crippen molar-refractivity contribution in [3.63, 3.8) is 0 Å². The Bertz CT molecular complexity index is 1400. The van der Waals surface area contributed by atoms with Gasteiger partial charge in [0.2, 0.25) is 0 Å². The number of rotatable bonds is 4. The lowest BCUT2D eigenvalue weighted by Gasteiger charge is -2.48. The molecule has 0 unspecified atom stereocenters. The first-order valence-corrected chi connectivity index (χ1v) is 11.9. The number of nitrogens with one attached hydrogen (secondary N) is 1. The zero-order chi connectivity index (χ0) is 27.2. The van der Waals surface area contributed by atoms with Crippen LogP contribution >= 0.6 is 0 Å². The number of aliphatic hydroxyl groups excluding tert-OH is 1. The first kappa shape index (κ1) is 26.1. The van der Waals surface area contributed by atoms with Gasteiger partial charge in [-0.05, 0) is 53.9 Å². The third kappa shape index (κ3) is 4.71. The summed E-state index contributed by atoms with van der Waals surface area (Å²) in [4.78, 5) is 17.9. The summed E-state index contributed by atoms with van der Waals surface area (Å²) in [6.45, 7) is 1.75. The molecule has 1 saturated heterocycles. The molecule has 3 heterocycles. The third-order valence-electron chi connectivity index (χ3n) is 7.07. The molecule has 2 N–H and O–H groups in total. The van der Waals surface area contributed by atoms with Crippen molar-refractivity contribution in [2.75, 3.05) is 36.6 Å². The fraction of sp³-hybridized carbons (Fsp3) is 0.333. The second-order valence-electron chi connectivity index (χ2n) is 9.55. The molecule has 2 atom stereocenters. The zero-order valence-electron chi connectivity index (χ0n) is 20.3. The molecular weight excluding hydrogens is 509 g/mol. The highest BCUT2D eigenvalue weighted by Crippen LogP contribution is 2.43. The second-order valence-corrected chi connectivity index (χ2v) is 9.55. The Labute approximate surface area is 215 Å². The quantitative estimate of drug-likeness (QED) is 0.466. The SMILES string of the molecule is Cc1ccc(NC(=O)c2cncc(C(F)(F)F)c2)cc1-c1cc(F)c2c(c1)N1CCOC[C@@H]1[C@](F)(CO)C2. The molecule has 38 heavy (non-hydrogen) atoms. The Morgan fingerprint density at radius 1 is 1.24 bits per heavy atom. The number of nitrogens with zero attached hydrogens (tertiary/aromatic N) is 2. The zero-order valence-corrected chi connectivity index (χ0v) is 20.3. The Morgan fingerprint density at radius 2 is 2.03 bits per heavy atom. The molecule has 0 aliphatic carbocycles. The molecule has 2 aliphatic rings. The van der Waals surface area contributed by atoms with E-state index in [9.17, 15) is 23.1 Å². The van der Waals surface area contributed by atoms with Crippen LogP contribution in [0.15, 0.2) is 48.8 Å². The number of hydrogen-bond donors (Lipinski definition) is 2. The Kier molecular flexibility index (Phi) is 6.60. The fourth-order valence-corrected chi connectivity index (χ4v) is 5.04. The number of pyridine rings is 1. The van der Waals surface area contributed by atoms with Gasteiger partial charge in [0.25, 0.3) is 5.91 Å². The van der Waals surface area contributed by atoms with Gasteiger partial charge in [-0.1, -0.05) is 6.07 Å². The molecule has 200 valence electrons. The van der Waals surface area contributed by atoms with Gasteiger partial charge in [0.1, 0.15) is 5.82 Å². The minimum Gasteiger partial charge on any atom is -0.393 e. The van der Waals surface area contributed by atoms with E-state index in [-0.39, 0.29) is 24.2 Å². The average molecular weight is 533 g/mol. The van der Waals surface area contributed by atoms with E-state index in [1.54, 1.807) is 36.1 Å². The van der Waals surface area contributed by atoms with Gasteiger partial charge in [-0.25, -0.2) is 8.78 Å². The number of morpholine rings is 1. The summed E-state index contributed by atoms with van der Waals surface area (Å²) in [6, 6.07) is 7.86. The molecule has 6 nitrogen and oxygen atoms in total. The van der Waals surface area contributed by atoms with Crippen LogP contribution in [0.3, 0.4) is 0 Å². The maximum Gasteiger partial charge on any atom is 0.417 e. The van der Waals surface area contributed by atoms with Crippen molar-refractivity contribution in [3.05, 3.63) is 76.9 Å². The molecule has 0 radical (unpaired) electrons. The van der Waals surface area contributed by atoms with Gasteiger partial charge >= 0.3 is 6.18 Å². The topological polar surface area (TPSA) is 74.7 Å². The highest BCUT2D eigenvalue weighted by atomic mass is 19.4. The molecule has 3 aromatic rings. The number of aryl methyl sites for hydroxylation is 1.